The number of nitrogens with zero attached hydrogens (tertiary/aromatic N) is 2. The average molecular weight is 439 g/mol. The van der Waals surface area contributed by atoms with Crippen LogP contribution in [0, 0.1) is 10.1 Å². The topological polar surface area (TPSA) is 154 Å². The van der Waals surface area contributed by atoms with Gasteiger partial charge in [0.2, 0.25) is 11.8 Å². The summed E-state index contributed by atoms with van der Waals surface area (Å²) in [6.45, 7) is 4.72. The number of nitro groups is 1. The van der Waals surface area contributed by atoms with Gasteiger partial charge in [0.05, 0.1) is 18.1 Å². The van der Waals surface area contributed by atoms with Gasteiger partial charge in [0.15, 0.2) is 0 Å². The largest absolute Gasteiger partial charge is 0.462 e. The zero-order chi connectivity index (χ0) is 23.8. The van der Waals surface area contributed by atoms with Crippen molar-refractivity contribution in [2.75, 3.05) is 25.6 Å². The van der Waals surface area contributed by atoms with Gasteiger partial charge in [-0.15, -0.1) is 0 Å². The van der Waals surface area contributed by atoms with Crippen molar-refractivity contribution in [1.29, 1.82) is 0 Å². The minimum absolute atomic E-state index is 0.0979. The van der Waals surface area contributed by atoms with Crippen molar-refractivity contribution in [2.45, 2.75) is 40.0 Å². The van der Waals surface area contributed by atoms with E-state index < -0.39 is 34.4 Å². The molecule has 31 heavy (non-hydrogen) atoms. The van der Waals surface area contributed by atoms with Crippen LogP contribution >= 0.6 is 0 Å². The summed E-state index contributed by atoms with van der Waals surface area (Å²) in [5.74, 6) is -3.60. The van der Waals surface area contributed by atoms with Crippen LogP contribution in [0.1, 0.15) is 33.3 Å². The molecular formula is C19H25N3O9. The van der Waals surface area contributed by atoms with Crippen LogP contribution in [-0.4, -0.2) is 59.6 Å². The van der Waals surface area contributed by atoms with E-state index in [0.717, 1.165) is 25.0 Å². The third kappa shape index (κ3) is 5.75. The van der Waals surface area contributed by atoms with Crippen molar-refractivity contribution in [3.63, 3.8) is 0 Å². The molecule has 0 spiro atoms. The van der Waals surface area contributed by atoms with Gasteiger partial charge in [-0.3, -0.25) is 24.6 Å². The Labute approximate surface area is 178 Å². The molecule has 0 aliphatic carbocycles. The van der Waals surface area contributed by atoms with E-state index >= 15 is 0 Å². The highest BCUT2D eigenvalue weighted by Crippen LogP contribution is 2.29. The van der Waals surface area contributed by atoms with Gasteiger partial charge in [0.1, 0.15) is 5.69 Å². The van der Waals surface area contributed by atoms with Gasteiger partial charge in [0, 0.05) is 33.6 Å². The number of rotatable bonds is 10. The molecule has 0 unspecified atom stereocenters. The van der Waals surface area contributed by atoms with Crippen LogP contribution in [0.4, 0.5) is 11.4 Å². The fourth-order valence-electron chi connectivity index (χ4n) is 2.80. The van der Waals surface area contributed by atoms with Crippen molar-refractivity contribution in [3.8, 4) is 0 Å². The van der Waals surface area contributed by atoms with Gasteiger partial charge in [-0.05, 0) is 25.5 Å². The maximum absolute atomic E-state index is 12.7. The Morgan fingerprint density at radius 3 is 2.03 bits per heavy atom. The first-order valence-electron chi connectivity index (χ1n) is 9.27. The van der Waals surface area contributed by atoms with Gasteiger partial charge in [-0.1, -0.05) is 6.07 Å². The second-order valence-corrected chi connectivity index (χ2v) is 6.18. The van der Waals surface area contributed by atoms with E-state index in [1.165, 1.54) is 32.9 Å². The molecule has 0 aromatic heterocycles. The Hall–Kier alpha value is -3.54. The quantitative estimate of drug-likeness (QED) is 0.187. The molecule has 1 rings (SSSR count). The smallest absolute Gasteiger partial charge is 0.372 e. The fraction of sp³-hybridized carbons (Fsp3) is 0.474. The molecule has 0 saturated heterocycles. The first-order valence-corrected chi connectivity index (χ1v) is 9.27. The lowest BCUT2D eigenvalue weighted by Gasteiger charge is -2.37. The minimum Gasteiger partial charge on any atom is -0.462 e. The monoisotopic (exact) mass is 439 g/mol. The van der Waals surface area contributed by atoms with Crippen molar-refractivity contribution in [2.24, 2.45) is 0 Å². The lowest BCUT2D eigenvalue weighted by molar-refractivity contribution is -0.383. The highest BCUT2D eigenvalue weighted by atomic mass is 16.6. The van der Waals surface area contributed by atoms with Crippen LogP contribution in [0.15, 0.2) is 18.2 Å². The molecule has 1 N–H and O–H groups in total. The standard InChI is InChI=1S/C19H25N3O9/c1-6-30-17(25)19(29-5,18(26)31-7-2)21(13(4)24)11-14-8-9-16(22(27)28)15(10-14)20-12(3)23/h8-10H,6-7,11H2,1-5H3,(H,20,23). The maximum Gasteiger partial charge on any atom is 0.372 e. The zero-order valence-electron chi connectivity index (χ0n) is 17.9. The summed E-state index contributed by atoms with van der Waals surface area (Å²) < 4.78 is 15.1. The molecule has 0 aliphatic rings. The van der Waals surface area contributed by atoms with E-state index in [0.29, 0.717) is 0 Å². The average Bonchev–Trinajstić information content (AvgIpc) is 2.67. The van der Waals surface area contributed by atoms with E-state index in [4.69, 9.17) is 14.2 Å². The van der Waals surface area contributed by atoms with E-state index in [9.17, 15) is 29.3 Å². The number of hydrogen-bond donors (Lipinski definition) is 1. The number of amides is 2. The van der Waals surface area contributed by atoms with Gasteiger partial charge in [0.25, 0.3) is 5.69 Å². The first-order chi connectivity index (χ1) is 14.5. The molecule has 1 aromatic rings. The molecule has 170 valence electrons. The van der Waals surface area contributed by atoms with Crippen LogP contribution in [0.5, 0.6) is 0 Å². The molecule has 0 fully saturated rings. The lowest BCUT2D eigenvalue weighted by atomic mass is 10.1. The highest BCUT2D eigenvalue weighted by Gasteiger charge is 2.56. The number of nitrogens with one attached hydrogen (secondary N) is 1. The highest BCUT2D eigenvalue weighted by molar-refractivity contribution is 6.06. The number of nitro benzene ring substituents is 1. The predicted molar refractivity (Wildman–Crippen MR) is 107 cm³/mol. The number of anilines is 1. The lowest BCUT2D eigenvalue weighted by Crippen LogP contribution is -2.63. The molecule has 0 saturated carbocycles. The van der Waals surface area contributed by atoms with E-state index in [2.05, 4.69) is 5.32 Å². The number of hydrogen-bond acceptors (Lipinski definition) is 9. The summed E-state index contributed by atoms with van der Waals surface area (Å²) in [5.41, 5.74) is -2.76. The fourth-order valence-corrected chi connectivity index (χ4v) is 2.80. The van der Waals surface area contributed by atoms with Crippen molar-refractivity contribution >= 4 is 35.1 Å². The van der Waals surface area contributed by atoms with Crippen LogP contribution in [0.3, 0.4) is 0 Å². The third-order valence-corrected chi connectivity index (χ3v) is 4.07. The summed E-state index contributed by atoms with van der Waals surface area (Å²) in [5, 5.41) is 13.6. The van der Waals surface area contributed by atoms with E-state index in [1.54, 1.807) is 0 Å². The molecule has 2 amide bonds. The molecule has 0 aliphatic heterocycles. The number of benzene rings is 1. The normalized spacial score (nSPS) is 10.7. The van der Waals surface area contributed by atoms with E-state index in [-0.39, 0.29) is 36.7 Å². The molecule has 1 aromatic carbocycles. The predicted octanol–water partition coefficient (Wildman–Crippen LogP) is 1.37. The molecule has 0 heterocycles. The Morgan fingerprint density at radius 1 is 1.10 bits per heavy atom. The number of esters is 2. The van der Waals surface area contributed by atoms with E-state index in [1.807, 2.05) is 0 Å². The molecule has 12 nitrogen and oxygen atoms in total. The summed E-state index contributed by atoms with van der Waals surface area (Å²) >= 11 is 0. The third-order valence-electron chi connectivity index (χ3n) is 4.07. The molecule has 0 bridgehead atoms. The minimum atomic E-state index is -2.53. The number of carbonyl (C=O) groups excluding carboxylic acids is 4. The summed E-state index contributed by atoms with van der Waals surface area (Å²) in [4.78, 5) is 60.6. The van der Waals surface area contributed by atoms with Crippen LogP contribution in [0.25, 0.3) is 0 Å². The summed E-state index contributed by atoms with van der Waals surface area (Å²) in [7, 11) is 1.04. The number of ether oxygens (including phenoxy) is 3. The van der Waals surface area contributed by atoms with Crippen LogP contribution < -0.4 is 5.32 Å². The molecule has 0 radical (unpaired) electrons. The first kappa shape index (κ1) is 25.5. The van der Waals surface area contributed by atoms with Gasteiger partial charge >= 0.3 is 17.7 Å². The Balaban J connectivity index is 3.55. The number of methoxy groups -OCH3 is 1. The molecule has 12 heteroatoms. The van der Waals surface area contributed by atoms with Gasteiger partial charge in [-0.25, -0.2) is 9.59 Å². The summed E-state index contributed by atoms with van der Waals surface area (Å²) in [6, 6.07) is 3.70. The van der Waals surface area contributed by atoms with Crippen LogP contribution in [0.2, 0.25) is 0 Å². The summed E-state index contributed by atoms with van der Waals surface area (Å²) in [6.07, 6.45) is 0. The Morgan fingerprint density at radius 2 is 1.65 bits per heavy atom. The van der Waals surface area contributed by atoms with Gasteiger partial charge in [-0.2, -0.15) is 0 Å². The SMILES string of the molecule is CCOC(=O)C(OC)(C(=O)OCC)N(Cc1ccc([N+](=O)[O-])c(NC(C)=O)c1)C(C)=O. The van der Waals surface area contributed by atoms with Crippen LogP contribution in [-0.2, 0) is 39.9 Å². The maximum atomic E-state index is 12.7. The number of carbonyl (C=O) groups is 4. The molecule has 0 atom stereocenters. The molecular weight excluding hydrogens is 414 g/mol. The van der Waals surface area contributed by atoms with Crippen molar-refractivity contribution < 1.29 is 38.3 Å². The second kappa shape index (κ2) is 11.0. The zero-order valence-corrected chi connectivity index (χ0v) is 17.9. The van der Waals surface area contributed by atoms with Crippen molar-refractivity contribution in [3.05, 3.63) is 33.9 Å². The second-order valence-electron chi connectivity index (χ2n) is 6.18. The Bertz CT molecular complexity index is 851. The van der Waals surface area contributed by atoms with Crippen molar-refractivity contribution in [1.82, 2.24) is 4.90 Å². The Kier molecular flexibility index (Phi) is 9.06. The van der Waals surface area contributed by atoms with Gasteiger partial charge < -0.3 is 19.5 Å².